The van der Waals surface area contributed by atoms with Crippen molar-refractivity contribution in [3.05, 3.63) is 75.2 Å². The number of nitrogens with one attached hydrogen (secondary N) is 1. The summed E-state index contributed by atoms with van der Waals surface area (Å²) >= 11 is 0. The van der Waals surface area contributed by atoms with E-state index in [1.54, 1.807) is 21.7 Å². The van der Waals surface area contributed by atoms with Gasteiger partial charge in [-0.1, -0.05) is 0 Å². The molecule has 36 heavy (non-hydrogen) atoms. The van der Waals surface area contributed by atoms with Crippen molar-refractivity contribution in [1.29, 1.82) is 0 Å². The van der Waals surface area contributed by atoms with Gasteiger partial charge in [0.2, 0.25) is 0 Å². The Hall–Kier alpha value is -3.79. The number of carbonyl (C=O) groups is 1. The summed E-state index contributed by atoms with van der Waals surface area (Å²) in [5, 5.41) is 13.6. The van der Waals surface area contributed by atoms with Crippen molar-refractivity contribution in [2.24, 2.45) is 0 Å². The van der Waals surface area contributed by atoms with E-state index in [1.165, 1.54) is 6.26 Å². The Labute approximate surface area is 208 Å². The van der Waals surface area contributed by atoms with Gasteiger partial charge in [0.25, 0.3) is 11.5 Å². The molecule has 0 unspecified atom stereocenters. The molecule has 1 saturated heterocycles. The molecule has 0 radical (unpaired) electrons. The number of benzene rings is 1. The van der Waals surface area contributed by atoms with Gasteiger partial charge in [0.05, 0.1) is 11.8 Å². The Morgan fingerprint density at radius 3 is 2.47 bits per heavy atom. The lowest BCUT2D eigenvalue weighted by molar-refractivity contribution is 0.0555. The van der Waals surface area contributed by atoms with Gasteiger partial charge < -0.3 is 14.3 Å². The minimum atomic E-state index is -0.477. The fourth-order valence-corrected chi connectivity index (χ4v) is 4.78. The average Bonchev–Trinajstić information content (AvgIpc) is 3.53. The third-order valence-corrected chi connectivity index (χ3v) is 6.85. The third-order valence-electron chi connectivity index (χ3n) is 6.85. The van der Waals surface area contributed by atoms with Crippen LogP contribution < -0.4 is 5.56 Å². The molecule has 1 aliphatic heterocycles. The van der Waals surface area contributed by atoms with Crippen LogP contribution in [0.2, 0.25) is 0 Å². The van der Waals surface area contributed by atoms with E-state index in [1.807, 2.05) is 39.8 Å². The summed E-state index contributed by atoms with van der Waals surface area (Å²) in [7, 11) is 0. The van der Waals surface area contributed by atoms with Crippen LogP contribution in [-0.4, -0.2) is 67.1 Å². The second-order valence-corrected chi connectivity index (χ2v) is 10.4. The van der Waals surface area contributed by atoms with Crippen LogP contribution in [0.15, 0.2) is 45.8 Å². The van der Waals surface area contributed by atoms with Crippen molar-refractivity contribution in [2.75, 3.05) is 26.2 Å². The average molecular weight is 490 g/mol. The maximum absolute atomic E-state index is 13.5. The molecule has 5 rings (SSSR count). The van der Waals surface area contributed by atoms with E-state index in [9.17, 15) is 9.59 Å². The lowest BCUT2D eigenvalue weighted by atomic mass is 9.99. The molecular weight excluding hydrogens is 458 g/mol. The summed E-state index contributed by atoms with van der Waals surface area (Å²) in [6, 6.07) is 8.95. The zero-order chi connectivity index (χ0) is 25.6. The Morgan fingerprint density at radius 2 is 1.81 bits per heavy atom. The molecule has 10 heteroatoms. The van der Waals surface area contributed by atoms with Crippen molar-refractivity contribution >= 4 is 16.8 Å². The number of tetrazole rings is 1. The largest absolute Gasteiger partial charge is 0.459 e. The third kappa shape index (κ3) is 4.32. The van der Waals surface area contributed by atoms with Crippen LogP contribution in [0.1, 0.15) is 59.9 Å². The molecular formula is C26H31N7O3. The number of piperazine rings is 1. The molecule has 0 spiro atoms. The second-order valence-electron chi connectivity index (χ2n) is 10.4. The molecule has 1 atom stereocenters. The summed E-state index contributed by atoms with van der Waals surface area (Å²) in [5.74, 6) is 0.792. The molecule has 3 aromatic heterocycles. The molecule has 1 amide bonds. The fraction of sp³-hybridized carbons (Fsp3) is 0.423. The Kier molecular flexibility index (Phi) is 5.99. The van der Waals surface area contributed by atoms with Crippen LogP contribution in [-0.2, 0) is 5.54 Å². The van der Waals surface area contributed by atoms with Gasteiger partial charge in [-0.2, -0.15) is 0 Å². The van der Waals surface area contributed by atoms with Crippen LogP contribution in [0, 0.1) is 13.8 Å². The quantitative estimate of drug-likeness (QED) is 0.469. The topological polar surface area (TPSA) is 113 Å². The van der Waals surface area contributed by atoms with Crippen LogP contribution in [0.4, 0.5) is 0 Å². The molecule has 4 aromatic rings. The highest BCUT2D eigenvalue weighted by molar-refractivity contribution is 5.91. The highest BCUT2D eigenvalue weighted by Gasteiger charge is 2.36. The maximum Gasteiger partial charge on any atom is 0.289 e. The smallest absolute Gasteiger partial charge is 0.289 e. The van der Waals surface area contributed by atoms with Crippen LogP contribution in [0.3, 0.4) is 0 Å². The number of furan rings is 1. The van der Waals surface area contributed by atoms with Crippen LogP contribution in [0.25, 0.3) is 10.9 Å². The summed E-state index contributed by atoms with van der Waals surface area (Å²) in [6.07, 6.45) is 1.50. The molecule has 1 aliphatic rings. The van der Waals surface area contributed by atoms with E-state index in [0.29, 0.717) is 43.3 Å². The van der Waals surface area contributed by atoms with E-state index in [4.69, 9.17) is 4.42 Å². The number of aryl methyl sites for hydroxylation is 2. The van der Waals surface area contributed by atoms with Gasteiger partial charge in [0, 0.05) is 37.3 Å². The Bertz CT molecular complexity index is 1460. The van der Waals surface area contributed by atoms with E-state index in [0.717, 1.165) is 22.0 Å². The number of aromatic nitrogens is 5. The van der Waals surface area contributed by atoms with Gasteiger partial charge in [-0.15, -0.1) is 5.10 Å². The summed E-state index contributed by atoms with van der Waals surface area (Å²) in [5.41, 5.74) is 3.10. The first-order valence-corrected chi connectivity index (χ1v) is 12.1. The van der Waals surface area contributed by atoms with Crippen molar-refractivity contribution in [3.8, 4) is 0 Å². The zero-order valence-electron chi connectivity index (χ0n) is 21.3. The van der Waals surface area contributed by atoms with Gasteiger partial charge in [0.15, 0.2) is 11.6 Å². The van der Waals surface area contributed by atoms with Crippen molar-refractivity contribution in [3.63, 3.8) is 0 Å². The lowest BCUT2D eigenvalue weighted by Crippen LogP contribution is -2.51. The van der Waals surface area contributed by atoms with Gasteiger partial charge in [-0.3, -0.25) is 14.5 Å². The molecule has 1 fully saturated rings. The molecule has 10 nitrogen and oxygen atoms in total. The van der Waals surface area contributed by atoms with E-state index in [2.05, 4.69) is 38.4 Å². The summed E-state index contributed by atoms with van der Waals surface area (Å²) in [6.45, 7) is 12.3. The maximum atomic E-state index is 13.5. The van der Waals surface area contributed by atoms with Gasteiger partial charge >= 0.3 is 0 Å². The first-order valence-electron chi connectivity index (χ1n) is 12.1. The van der Waals surface area contributed by atoms with E-state index in [-0.39, 0.29) is 17.0 Å². The SMILES string of the molecule is Cc1cc2cc([C@@H](c3nnnn3C(C)(C)C)N3CCN(C(=O)c4ccco4)CC3)c(=O)[nH]c2cc1C. The van der Waals surface area contributed by atoms with E-state index < -0.39 is 6.04 Å². The number of hydrogen-bond donors (Lipinski definition) is 1. The van der Waals surface area contributed by atoms with Crippen LogP contribution in [0.5, 0.6) is 0 Å². The number of pyridine rings is 1. The minimum Gasteiger partial charge on any atom is -0.459 e. The van der Waals surface area contributed by atoms with E-state index >= 15 is 0 Å². The number of nitrogens with zero attached hydrogens (tertiary/aromatic N) is 6. The number of H-pyrrole nitrogens is 1. The number of rotatable bonds is 4. The molecule has 1 N–H and O–H groups in total. The zero-order valence-corrected chi connectivity index (χ0v) is 21.3. The molecule has 0 aliphatic carbocycles. The molecule has 1 aromatic carbocycles. The predicted octanol–water partition coefficient (Wildman–Crippen LogP) is 3.03. The minimum absolute atomic E-state index is 0.134. The van der Waals surface area contributed by atoms with Gasteiger partial charge in [-0.25, -0.2) is 4.68 Å². The molecule has 188 valence electrons. The number of fused-ring (bicyclic) bond motifs is 1. The number of aromatic amines is 1. The van der Waals surface area contributed by atoms with Crippen LogP contribution >= 0.6 is 0 Å². The molecule has 0 saturated carbocycles. The number of hydrogen-bond acceptors (Lipinski definition) is 7. The Balaban J connectivity index is 1.55. The Morgan fingerprint density at radius 1 is 1.08 bits per heavy atom. The fourth-order valence-electron chi connectivity index (χ4n) is 4.78. The molecule has 4 heterocycles. The lowest BCUT2D eigenvalue weighted by Gasteiger charge is -2.39. The summed E-state index contributed by atoms with van der Waals surface area (Å²) < 4.78 is 7.08. The molecule has 0 bridgehead atoms. The van der Waals surface area contributed by atoms with Crippen molar-refractivity contribution in [1.82, 2.24) is 35.0 Å². The monoisotopic (exact) mass is 489 g/mol. The van der Waals surface area contributed by atoms with Gasteiger partial charge in [-0.05, 0) is 91.9 Å². The second kappa shape index (κ2) is 9.02. The summed E-state index contributed by atoms with van der Waals surface area (Å²) in [4.78, 5) is 33.3. The highest BCUT2D eigenvalue weighted by atomic mass is 16.3. The standard InChI is InChI=1S/C26H31N7O3/c1-16-13-18-15-19(24(34)27-20(18)14-17(16)2)22(23-28-29-30-33(23)26(3,4)5)31-8-10-32(11-9-31)25(35)21-7-6-12-36-21/h6-7,12-15,22H,8-11H2,1-5H3,(H,27,34)/t22-/m0/s1. The van der Waals surface area contributed by atoms with Gasteiger partial charge in [0.1, 0.15) is 6.04 Å². The predicted molar refractivity (Wildman–Crippen MR) is 135 cm³/mol. The first kappa shape index (κ1) is 23.9. The number of carbonyl (C=O) groups excluding carboxylic acids is 1. The highest BCUT2D eigenvalue weighted by Crippen LogP contribution is 2.30. The first-order chi connectivity index (χ1) is 17.1. The normalized spacial score (nSPS) is 16.0. The van der Waals surface area contributed by atoms with Crippen molar-refractivity contribution in [2.45, 2.75) is 46.2 Å². The van der Waals surface area contributed by atoms with Crippen molar-refractivity contribution < 1.29 is 9.21 Å². The number of amides is 1.